The molecular weight excluding hydrogens is 214 g/mol. The van der Waals surface area contributed by atoms with E-state index >= 15 is 0 Å². The normalized spacial score (nSPS) is 13.8. The van der Waals surface area contributed by atoms with Crippen molar-refractivity contribution in [2.45, 2.75) is 26.7 Å². The average Bonchev–Trinajstić information content (AvgIpc) is 2.18. The number of nitrogens with one attached hydrogen (secondary N) is 1. The Hall–Kier alpha value is -0.420. The summed E-state index contributed by atoms with van der Waals surface area (Å²) in [5, 5.41) is 2.93. The first-order valence-electron chi connectivity index (χ1n) is 5.30. The van der Waals surface area contributed by atoms with Crippen LogP contribution < -0.4 is 5.32 Å². The molecule has 0 rings (SSSR count). The highest BCUT2D eigenvalue weighted by molar-refractivity contribution is 7.91. The van der Waals surface area contributed by atoms with Crippen LogP contribution in [-0.4, -0.2) is 39.3 Å². The molecule has 15 heavy (non-hydrogen) atoms. The lowest BCUT2D eigenvalue weighted by Crippen LogP contribution is -2.24. The van der Waals surface area contributed by atoms with Crippen LogP contribution in [-0.2, 0) is 14.6 Å². The fourth-order valence-electron chi connectivity index (χ4n) is 1.28. The predicted octanol–water partition coefficient (Wildman–Crippen LogP) is 0.626. The molecule has 0 radical (unpaired) electrons. The minimum Gasteiger partial charge on any atom is -0.319 e. The summed E-state index contributed by atoms with van der Waals surface area (Å²) in [6, 6.07) is 0. The molecule has 0 fully saturated rings. The van der Waals surface area contributed by atoms with E-state index in [9.17, 15) is 13.2 Å². The summed E-state index contributed by atoms with van der Waals surface area (Å²) in [4.78, 5) is 11.5. The molecule has 0 aromatic carbocycles. The summed E-state index contributed by atoms with van der Waals surface area (Å²) in [7, 11) is -1.12. The Morgan fingerprint density at radius 3 is 2.47 bits per heavy atom. The summed E-state index contributed by atoms with van der Waals surface area (Å²) >= 11 is 0. The first-order chi connectivity index (χ1) is 6.93. The monoisotopic (exact) mass is 235 g/mol. The number of carbonyl (C=O) groups excluding carboxylic acids is 1. The van der Waals surface area contributed by atoms with Crippen molar-refractivity contribution < 1.29 is 13.2 Å². The van der Waals surface area contributed by atoms with E-state index in [0.29, 0.717) is 19.4 Å². The zero-order valence-corrected chi connectivity index (χ0v) is 10.6. The second-order valence-corrected chi connectivity index (χ2v) is 6.24. The lowest BCUT2D eigenvalue weighted by molar-refractivity contribution is -0.122. The fourth-order valence-corrected chi connectivity index (χ4v) is 2.15. The largest absolute Gasteiger partial charge is 0.319 e. The molecule has 5 heteroatoms. The first-order valence-corrected chi connectivity index (χ1v) is 7.12. The number of hydrogen-bond donors (Lipinski definition) is 1. The number of rotatable bonds is 8. The Kier molecular flexibility index (Phi) is 6.76. The Morgan fingerprint density at radius 1 is 1.40 bits per heavy atom. The van der Waals surface area contributed by atoms with Crippen LogP contribution in [0.3, 0.4) is 0 Å². The van der Waals surface area contributed by atoms with Gasteiger partial charge in [0.2, 0.25) is 0 Å². The van der Waals surface area contributed by atoms with Crippen LogP contribution in [0.1, 0.15) is 26.7 Å². The van der Waals surface area contributed by atoms with Gasteiger partial charge in [-0.25, -0.2) is 8.42 Å². The molecule has 0 amide bonds. The smallest absolute Gasteiger partial charge is 0.150 e. The molecule has 0 aliphatic rings. The zero-order valence-electron chi connectivity index (χ0n) is 9.75. The number of Topliss-reactive ketones (excluding diaryl/α,β-unsaturated/α-hetero) is 1. The van der Waals surface area contributed by atoms with Gasteiger partial charge in [0.25, 0.3) is 0 Å². The van der Waals surface area contributed by atoms with Crippen LogP contribution in [0.2, 0.25) is 0 Å². The molecule has 1 unspecified atom stereocenters. The summed E-state index contributed by atoms with van der Waals surface area (Å²) in [6.07, 6.45) is 0.811. The number of sulfone groups is 1. The molecule has 0 heterocycles. The molecule has 0 aromatic rings. The van der Waals surface area contributed by atoms with Crippen LogP contribution in [0.15, 0.2) is 0 Å². The SMILES string of the molecule is CCS(=O)(=O)CCCC(=O)C(C)CNC. The van der Waals surface area contributed by atoms with Gasteiger partial charge in [0.15, 0.2) is 0 Å². The molecule has 1 atom stereocenters. The number of ketones is 1. The third-order valence-electron chi connectivity index (χ3n) is 2.38. The van der Waals surface area contributed by atoms with Crippen LogP contribution >= 0.6 is 0 Å². The fraction of sp³-hybridized carbons (Fsp3) is 0.900. The first kappa shape index (κ1) is 14.6. The van der Waals surface area contributed by atoms with Crippen LogP contribution in [0, 0.1) is 5.92 Å². The van der Waals surface area contributed by atoms with E-state index in [0.717, 1.165) is 0 Å². The summed E-state index contributed by atoms with van der Waals surface area (Å²) in [6.45, 7) is 4.13. The highest BCUT2D eigenvalue weighted by Gasteiger charge is 2.13. The molecule has 0 saturated heterocycles. The Bertz CT molecular complexity index is 285. The van der Waals surface area contributed by atoms with E-state index in [2.05, 4.69) is 5.32 Å². The quantitative estimate of drug-likeness (QED) is 0.670. The van der Waals surface area contributed by atoms with Crippen molar-refractivity contribution in [1.29, 1.82) is 0 Å². The van der Waals surface area contributed by atoms with Gasteiger partial charge in [-0.2, -0.15) is 0 Å². The maximum Gasteiger partial charge on any atom is 0.150 e. The van der Waals surface area contributed by atoms with Gasteiger partial charge in [-0.3, -0.25) is 4.79 Å². The minimum absolute atomic E-state index is 0.0284. The molecular formula is C10H21NO3S. The van der Waals surface area contributed by atoms with Gasteiger partial charge in [-0.15, -0.1) is 0 Å². The van der Waals surface area contributed by atoms with E-state index in [1.807, 2.05) is 6.92 Å². The predicted molar refractivity (Wildman–Crippen MR) is 61.7 cm³/mol. The summed E-state index contributed by atoms with van der Waals surface area (Å²) in [5.74, 6) is 0.393. The topological polar surface area (TPSA) is 63.2 Å². The molecule has 0 aromatic heterocycles. The molecule has 4 nitrogen and oxygen atoms in total. The summed E-state index contributed by atoms with van der Waals surface area (Å²) < 4.78 is 22.3. The van der Waals surface area contributed by atoms with E-state index in [1.165, 1.54) is 0 Å². The van der Waals surface area contributed by atoms with Gasteiger partial charge in [0.05, 0.1) is 5.75 Å². The molecule has 90 valence electrons. The lowest BCUT2D eigenvalue weighted by Gasteiger charge is -2.09. The maximum absolute atomic E-state index is 11.5. The van der Waals surface area contributed by atoms with Gasteiger partial charge < -0.3 is 5.32 Å². The van der Waals surface area contributed by atoms with Gasteiger partial charge in [0.1, 0.15) is 15.6 Å². The van der Waals surface area contributed by atoms with Gasteiger partial charge in [-0.1, -0.05) is 13.8 Å². The van der Waals surface area contributed by atoms with Gasteiger partial charge in [-0.05, 0) is 13.5 Å². The zero-order chi connectivity index (χ0) is 11.9. The molecule has 0 aliphatic carbocycles. The number of carbonyl (C=O) groups is 1. The Balaban J connectivity index is 3.82. The molecule has 0 bridgehead atoms. The molecule has 0 spiro atoms. The molecule has 0 aliphatic heterocycles. The maximum atomic E-state index is 11.5. The lowest BCUT2D eigenvalue weighted by atomic mass is 10.0. The van der Waals surface area contributed by atoms with Crippen LogP contribution in [0.25, 0.3) is 0 Å². The van der Waals surface area contributed by atoms with Crippen LogP contribution in [0.4, 0.5) is 0 Å². The Labute approximate surface area is 92.4 Å². The second-order valence-electron chi connectivity index (χ2n) is 3.76. The minimum atomic E-state index is -2.92. The van der Waals surface area contributed by atoms with Crippen molar-refractivity contribution in [3.8, 4) is 0 Å². The van der Waals surface area contributed by atoms with Crippen molar-refractivity contribution in [2.24, 2.45) is 5.92 Å². The Morgan fingerprint density at radius 2 is 2.00 bits per heavy atom. The van der Waals surface area contributed by atoms with Crippen molar-refractivity contribution in [2.75, 3.05) is 25.1 Å². The van der Waals surface area contributed by atoms with E-state index in [4.69, 9.17) is 0 Å². The average molecular weight is 235 g/mol. The highest BCUT2D eigenvalue weighted by atomic mass is 32.2. The van der Waals surface area contributed by atoms with Crippen molar-refractivity contribution in [1.82, 2.24) is 5.32 Å². The molecule has 1 N–H and O–H groups in total. The van der Waals surface area contributed by atoms with E-state index < -0.39 is 9.84 Å². The molecule has 0 saturated carbocycles. The third-order valence-corrected chi connectivity index (χ3v) is 4.17. The van der Waals surface area contributed by atoms with Crippen molar-refractivity contribution >= 4 is 15.6 Å². The van der Waals surface area contributed by atoms with Gasteiger partial charge in [0, 0.05) is 24.6 Å². The van der Waals surface area contributed by atoms with E-state index in [1.54, 1.807) is 14.0 Å². The summed E-state index contributed by atoms with van der Waals surface area (Å²) in [5.41, 5.74) is 0. The number of hydrogen-bond acceptors (Lipinski definition) is 4. The van der Waals surface area contributed by atoms with Crippen LogP contribution in [0.5, 0.6) is 0 Å². The second kappa shape index (κ2) is 6.95. The third kappa shape index (κ3) is 6.62. The van der Waals surface area contributed by atoms with Crippen molar-refractivity contribution in [3.05, 3.63) is 0 Å². The standard InChI is InChI=1S/C10H21NO3S/c1-4-15(13,14)7-5-6-10(12)9(2)8-11-3/h9,11H,4-8H2,1-3H3. The van der Waals surface area contributed by atoms with E-state index in [-0.39, 0.29) is 23.2 Å². The van der Waals surface area contributed by atoms with Gasteiger partial charge >= 0.3 is 0 Å². The highest BCUT2D eigenvalue weighted by Crippen LogP contribution is 2.04. The van der Waals surface area contributed by atoms with Crippen molar-refractivity contribution in [3.63, 3.8) is 0 Å².